The summed E-state index contributed by atoms with van der Waals surface area (Å²) < 4.78 is 38.1. The van der Waals surface area contributed by atoms with E-state index in [1.165, 1.54) is 13.2 Å². The molecule has 2 rings (SSSR count). The number of imidazole rings is 1. The second kappa shape index (κ2) is 2.50. The van der Waals surface area contributed by atoms with E-state index in [2.05, 4.69) is 4.98 Å². The normalized spacial score (nSPS) is 19.8. The van der Waals surface area contributed by atoms with Crippen molar-refractivity contribution >= 4 is 0 Å². The number of alkyl halides is 3. The van der Waals surface area contributed by atoms with E-state index >= 15 is 0 Å². The van der Waals surface area contributed by atoms with Gasteiger partial charge in [0.05, 0.1) is 17.4 Å². The van der Waals surface area contributed by atoms with Gasteiger partial charge in [-0.05, 0) is 12.8 Å². The van der Waals surface area contributed by atoms with Gasteiger partial charge in [-0.15, -0.1) is 0 Å². The van der Waals surface area contributed by atoms with Crippen LogP contribution in [0.15, 0.2) is 6.20 Å². The summed E-state index contributed by atoms with van der Waals surface area (Å²) in [5.41, 5.74) is 5.68. The minimum absolute atomic E-state index is 0.463. The third-order valence-corrected chi connectivity index (χ3v) is 2.54. The largest absolute Gasteiger partial charge is 0.449 e. The zero-order valence-electron chi connectivity index (χ0n) is 7.60. The van der Waals surface area contributed by atoms with Crippen LogP contribution in [0.1, 0.15) is 24.4 Å². The van der Waals surface area contributed by atoms with Gasteiger partial charge >= 0.3 is 6.18 Å². The van der Waals surface area contributed by atoms with Crippen molar-refractivity contribution < 1.29 is 13.2 Å². The predicted molar refractivity (Wildman–Crippen MR) is 43.3 cm³/mol. The Balaban J connectivity index is 2.43. The van der Waals surface area contributed by atoms with Crippen molar-refractivity contribution in [1.29, 1.82) is 0 Å². The zero-order valence-corrected chi connectivity index (χ0v) is 7.60. The molecule has 0 unspecified atom stereocenters. The lowest BCUT2D eigenvalue weighted by Crippen LogP contribution is -2.24. The summed E-state index contributed by atoms with van der Waals surface area (Å²) >= 11 is 0. The fourth-order valence-electron chi connectivity index (χ4n) is 1.53. The average molecular weight is 205 g/mol. The van der Waals surface area contributed by atoms with E-state index in [0.717, 1.165) is 17.4 Å². The lowest BCUT2D eigenvalue weighted by molar-refractivity contribution is -0.146. The van der Waals surface area contributed by atoms with Crippen LogP contribution < -0.4 is 5.73 Å². The molecule has 0 aliphatic heterocycles. The molecule has 0 bridgehead atoms. The van der Waals surface area contributed by atoms with Crippen molar-refractivity contribution in [3.63, 3.8) is 0 Å². The van der Waals surface area contributed by atoms with Crippen molar-refractivity contribution in [3.8, 4) is 0 Å². The van der Waals surface area contributed by atoms with Gasteiger partial charge in [0.25, 0.3) is 0 Å². The number of hydrogen-bond acceptors (Lipinski definition) is 2. The van der Waals surface area contributed by atoms with Gasteiger partial charge in [-0.3, -0.25) is 0 Å². The summed E-state index contributed by atoms with van der Waals surface area (Å²) in [5.74, 6) is -0.885. The Morgan fingerprint density at radius 2 is 2.07 bits per heavy atom. The van der Waals surface area contributed by atoms with Crippen LogP contribution in [0.5, 0.6) is 0 Å². The van der Waals surface area contributed by atoms with Crippen molar-refractivity contribution in [2.45, 2.75) is 24.6 Å². The Bertz CT molecular complexity index is 340. The van der Waals surface area contributed by atoms with Crippen LogP contribution in [-0.4, -0.2) is 9.55 Å². The van der Waals surface area contributed by atoms with Gasteiger partial charge in [-0.25, -0.2) is 4.98 Å². The van der Waals surface area contributed by atoms with Crippen LogP contribution in [0.25, 0.3) is 0 Å². The molecule has 1 heterocycles. The highest BCUT2D eigenvalue weighted by atomic mass is 19.4. The topological polar surface area (TPSA) is 43.8 Å². The minimum Gasteiger partial charge on any atom is -0.326 e. The molecule has 0 radical (unpaired) electrons. The molecule has 0 saturated heterocycles. The second-order valence-electron chi connectivity index (χ2n) is 3.68. The molecule has 6 heteroatoms. The molecule has 3 nitrogen and oxygen atoms in total. The van der Waals surface area contributed by atoms with E-state index in [-0.39, 0.29) is 0 Å². The first kappa shape index (κ1) is 9.51. The van der Waals surface area contributed by atoms with Crippen molar-refractivity contribution in [2.75, 3.05) is 0 Å². The minimum atomic E-state index is -4.40. The molecule has 14 heavy (non-hydrogen) atoms. The number of nitrogens with zero attached hydrogens (tertiary/aromatic N) is 2. The Kier molecular flexibility index (Phi) is 1.70. The van der Waals surface area contributed by atoms with Crippen LogP contribution in [0.3, 0.4) is 0 Å². The monoisotopic (exact) mass is 205 g/mol. The molecule has 2 N–H and O–H groups in total. The fourth-order valence-corrected chi connectivity index (χ4v) is 1.53. The summed E-state index contributed by atoms with van der Waals surface area (Å²) in [4.78, 5) is 3.35. The molecule has 0 spiro atoms. The Labute approximate surface area is 78.7 Å². The maximum atomic E-state index is 12.3. The highest BCUT2D eigenvalue weighted by molar-refractivity contribution is 5.23. The van der Waals surface area contributed by atoms with Crippen LogP contribution in [0.2, 0.25) is 0 Å². The van der Waals surface area contributed by atoms with Gasteiger partial charge in [0, 0.05) is 7.05 Å². The van der Waals surface area contributed by atoms with E-state index < -0.39 is 17.5 Å². The van der Waals surface area contributed by atoms with Gasteiger partial charge in [0.1, 0.15) is 0 Å². The molecule has 1 fully saturated rings. The highest BCUT2D eigenvalue weighted by Crippen LogP contribution is 2.43. The molecule has 78 valence electrons. The van der Waals surface area contributed by atoms with Crippen molar-refractivity contribution in [2.24, 2.45) is 12.8 Å². The zero-order chi connectivity index (χ0) is 10.6. The number of aromatic nitrogens is 2. The highest BCUT2D eigenvalue weighted by Gasteiger charge is 2.45. The third kappa shape index (κ3) is 1.30. The van der Waals surface area contributed by atoms with Gasteiger partial charge in [-0.2, -0.15) is 13.2 Å². The first-order chi connectivity index (χ1) is 6.34. The fraction of sp³-hybridized carbons (Fsp3) is 0.625. The standard InChI is InChI=1S/C8H10F3N3/c1-14-5(7(12)2-3-7)4-13-6(14)8(9,10)11/h4H,2-3,12H2,1H3. The molecule has 1 aromatic heterocycles. The first-order valence-electron chi connectivity index (χ1n) is 4.23. The molecule has 0 amide bonds. The quantitative estimate of drug-likeness (QED) is 0.752. The molecule has 1 aliphatic rings. The predicted octanol–water partition coefficient (Wildman–Crippen LogP) is 1.39. The molecule has 0 aromatic carbocycles. The lowest BCUT2D eigenvalue weighted by Gasteiger charge is -2.12. The van der Waals surface area contributed by atoms with E-state index in [1.807, 2.05) is 0 Å². The first-order valence-corrected chi connectivity index (χ1v) is 4.23. The summed E-state index contributed by atoms with van der Waals surface area (Å²) in [7, 11) is 1.35. The van der Waals surface area contributed by atoms with Crippen LogP contribution >= 0.6 is 0 Å². The number of rotatable bonds is 1. The summed E-state index contributed by atoms with van der Waals surface area (Å²) in [6.45, 7) is 0. The molecule has 1 aliphatic carbocycles. The third-order valence-electron chi connectivity index (χ3n) is 2.54. The Hall–Kier alpha value is -1.04. The number of nitrogens with two attached hydrogens (primary N) is 1. The average Bonchev–Trinajstić information content (AvgIpc) is 2.60. The van der Waals surface area contributed by atoms with E-state index in [9.17, 15) is 13.2 Å². The summed E-state index contributed by atoms with van der Waals surface area (Å²) in [6, 6.07) is 0. The van der Waals surface area contributed by atoms with Gasteiger partial charge in [0.2, 0.25) is 5.82 Å². The SMILES string of the molecule is Cn1c(C2(N)CC2)cnc1C(F)(F)F. The van der Waals surface area contributed by atoms with Gasteiger partial charge < -0.3 is 10.3 Å². The Morgan fingerprint density at radius 1 is 1.50 bits per heavy atom. The van der Waals surface area contributed by atoms with Crippen LogP contribution in [-0.2, 0) is 18.8 Å². The molecule has 1 saturated carbocycles. The Morgan fingerprint density at radius 3 is 2.43 bits per heavy atom. The van der Waals surface area contributed by atoms with Gasteiger partial charge in [0.15, 0.2) is 0 Å². The van der Waals surface area contributed by atoms with Crippen LogP contribution in [0, 0.1) is 0 Å². The van der Waals surface area contributed by atoms with Gasteiger partial charge in [-0.1, -0.05) is 0 Å². The number of hydrogen-bond donors (Lipinski definition) is 1. The van der Waals surface area contributed by atoms with E-state index in [4.69, 9.17) is 5.73 Å². The summed E-state index contributed by atoms with van der Waals surface area (Å²) in [6.07, 6.45) is -1.73. The summed E-state index contributed by atoms with van der Waals surface area (Å²) in [5, 5.41) is 0. The molecule has 0 atom stereocenters. The smallest absolute Gasteiger partial charge is 0.326 e. The van der Waals surface area contributed by atoms with Crippen molar-refractivity contribution in [1.82, 2.24) is 9.55 Å². The van der Waals surface area contributed by atoms with Crippen LogP contribution in [0.4, 0.5) is 13.2 Å². The number of halogens is 3. The van der Waals surface area contributed by atoms with E-state index in [0.29, 0.717) is 5.69 Å². The molecule has 1 aromatic rings. The second-order valence-corrected chi connectivity index (χ2v) is 3.68. The molecular formula is C8H10F3N3. The molecular weight excluding hydrogens is 195 g/mol. The van der Waals surface area contributed by atoms with E-state index in [1.54, 1.807) is 0 Å². The maximum Gasteiger partial charge on any atom is 0.449 e. The lowest BCUT2D eigenvalue weighted by atomic mass is 10.2. The van der Waals surface area contributed by atoms with Crippen molar-refractivity contribution in [3.05, 3.63) is 17.7 Å². The maximum absolute atomic E-state index is 12.3.